The number of aliphatic hydroxyl groups excluding tert-OH is 1. The number of likely N-dealkylation sites (tertiary alicyclic amines) is 1. The number of para-hydroxylation sites is 2. The Labute approximate surface area is 188 Å². The van der Waals surface area contributed by atoms with Crippen LogP contribution in [0.3, 0.4) is 0 Å². The van der Waals surface area contributed by atoms with Crippen molar-refractivity contribution in [2.75, 3.05) is 31.1 Å². The zero-order valence-corrected chi connectivity index (χ0v) is 18.2. The molecular weight excluding hydrogens is 424 g/mol. The van der Waals surface area contributed by atoms with E-state index in [2.05, 4.69) is 24.8 Å². The monoisotopic (exact) mass is 448 g/mol. The number of hydrogen-bond donors (Lipinski definition) is 2. The molecule has 2 saturated heterocycles. The van der Waals surface area contributed by atoms with Gasteiger partial charge in [-0.25, -0.2) is 19.7 Å². The van der Waals surface area contributed by atoms with Gasteiger partial charge in [0.1, 0.15) is 6.33 Å². The number of carbonyl (C=O) groups is 1. The van der Waals surface area contributed by atoms with Crippen LogP contribution in [0, 0.1) is 0 Å². The van der Waals surface area contributed by atoms with Crippen molar-refractivity contribution in [1.82, 2.24) is 34.0 Å². The van der Waals surface area contributed by atoms with Crippen LogP contribution in [0.1, 0.15) is 29.5 Å². The molecule has 2 aliphatic heterocycles. The first-order valence-corrected chi connectivity index (χ1v) is 11.1. The number of β-amino-alcohol motifs (C(OH)–C–C–N with tert-alkyl or cyclic N) is 1. The Balaban J connectivity index is 1.27. The summed E-state index contributed by atoms with van der Waals surface area (Å²) >= 11 is 0. The van der Waals surface area contributed by atoms with Crippen LogP contribution in [-0.2, 0) is 7.05 Å². The Kier molecular flexibility index (Phi) is 4.47. The maximum Gasteiger partial charge on any atom is 0.326 e. The molecule has 2 N–H and O–H groups in total. The Bertz CT molecular complexity index is 1420. The minimum absolute atomic E-state index is 0.0805. The smallest absolute Gasteiger partial charge is 0.326 e. The number of aromatic amines is 1. The van der Waals surface area contributed by atoms with E-state index in [0.717, 1.165) is 23.9 Å². The number of carbonyl (C=O) groups excluding carboxylic acids is 1. The normalized spacial score (nSPS) is 17.8. The van der Waals surface area contributed by atoms with Gasteiger partial charge in [-0.2, -0.15) is 0 Å². The highest BCUT2D eigenvalue weighted by atomic mass is 16.3. The van der Waals surface area contributed by atoms with Gasteiger partial charge >= 0.3 is 5.69 Å². The standard InChI is InChI=1S/C22H24N8O3/c1-27-18-17(26-20(27)21(32)29-10-14(31)11-29)19(24-12-23-18)28-8-6-13(7-9-28)30-16-5-3-2-4-15(16)25-22(30)33/h2-5,12-14,31H,6-11H2,1H3,(H,25,33). The molecule has 0 aliphatic carbocycles. The molecule has 1 aromatic carbocycles. The quantitative estimate of drug-likeness (QED) is 0.472. The molecule has 6 rings (SSSR count). The molecular formula is C22H24N8O3. The van der Waals surface area contributed by atoms with Crippen LogP contribution in [-0.4, -0.2) is 77.3 Å². The summed E-state index contributed by atoms with van der Waals surface area (Å²) < 4.78 is 3.55. The summed E-state index contributed by atoms with van der Waals surface area (Å²) in [5.41, 5.74) is 2.88. The summed E-state index contributed by atoms with van der Waals surface area (Å²) in [5.74, 6) is 0.770. The van der Waals surface area contributed by atoms with Gasteiger partial charge in [-0.1, -0.05) is 12.1 Å². The number of hydrogen-bond acceptors (Lipinski definition) is 7. The highest BCUT2D eigenvalue weighted by molar-refractivity contribution is 5.96. The minimum Gasteiger partial charge on any atom is -0.389 e. The van der Waals surface area contributed by atoms with Gasteiger partial charge in [0, 0.05) is 39.3 Å². The fourth-order valence-corrected chi connectivity index (χ4v) is 4.95. The van der Waals surface area contributed by atoms with E-state index < -0.39 is 6.10 Å². The van der Waals surface area contributed by atoms with Crippen LogP contribution < -0.4 is 10.6 Å². The molecule has 0 unspecified atom stereocenters. The predicted molar refractivity (Wildman–Crippen MR) is 121 cm³/mol. The van der Waals surface area contributed by atoms with Crippen molar-refractivity contribution in [2.24, 2.45) is 7.05 Å². The van der Waals surface area contributed by atoms with Crippen molar-refractivity contribution in [3.05, 3.63) is 46.9 Å². The van der Waals surface area contributed by atoms with Gasteiger partial charge in [0.2, 0.25) is 5.82 Å². The lowest BCUT2D eigenvalue weighted by Gasteiger charge is -2.35. The maximum absolute atomic E-state index is 12.8. The molecule has 0 atom stereocenters. The highest BCUT2D eigenvalue weighted by Crippen LogP contribution is 2.30. The summed E-state index contributed by atoms with van der Waals surface area (Å²) in [7, 11) is 1.77. The number of fused-ring (bicyclic) bond motifs is 2. The summed E-state index contributed by atoms with van der Waals surface area (Å²) in [4.78, 5) is 45.5. The summed E-state index contributed by atoms with van der Waals surface area (Å²) in [6.45, 7) is 2.06. The Morgan fingerprint density at radius 1 is 1.15 bits per heavy atom. The lowest BCUT2D eigenvalue weighted by Crippen LogP contribution is -2.53. The fourth-order valence-electron chi connectivity index (χ4n) is 4.95. The van der Waals surface area contributed by atoms with Gasteiger partial charge in [-0.3, -0.25) is 9.36 Å². The predicted octanol–water partition coefficient (Wildman–Crippen LogP) is 0.665. The van der Waals surface area contributed by atoms with Crippen molar-refractivity contribution < 1.29 is 9.90 Å². The minimum atomic E-state index is -0.468. The van der Waals surface area contributed by atoms with Crippen LogP contribution in [0.5, 0.6) is 0 Å². The number of anilines is 1. The van der Waals surface area contributed by atoms with Crippen molar-refractivity contribution in [2.45, 2.75) is 25.0 Å². The molecule has 11 nitrogen and oxygen atoms in total. The van der Waals surface area contributed by atoms with Gasteiger partial charge in [0.05, 0.1) is 17.1 Å². The Hall–Kier alpha value is -3.73. The molecule has 1 amide bonds. The summed E-state index contributed by atoms with van der Waals surface area (Å²) in [5, 5.41) is 9.53. The first-order valence-electron chi connectivity index (χ1n) is 11.1. The maximum atomic E-state index is 12.8. The molecule has 5 heterocycles. The number of aliphatic hydroxyl groups is 1. The molecule has 0 bridgehead atoms. The number of aryl methyl sites for hydroxylation is 1. The molecule has 170 valence electrons. The molecule has 11 heteroatoms. The molecule has 2 aliphatic rings. The second kappa shape index (κ2) is 7.41. The van der Waals surface area contributed by atoms with Crippen LogP contribution in [0.15, 0.2) is 35.4 Å². The van der Waals surface area contributed by atoms with Gasteiger partial charge < -0.3 is 24.5 Å². The van der Waals surface area contributed by atoms with Crippen LogP contribution in [0.2, 0.25) is 0 Å². The number of imidazole rings is 2. The second-order valence-electron chi connectivity index (χ2n) is 8.76. The van der Waals surface area contributed by atoms with E-state index in [0.29, 0.717) is 49.0 Å². The molecule has 33 heavy (non-hydrogen) atoms. The SMILES string of the molecule is Cn1c(C(=O)N2CC(O)C2)nc2c(N3CCC(n4c(=O)[nH]c5ccccc54)CC3)ncnc21. The number of aromatic nitrogens is 6. The van der Waals surface area contributed by atoms with E-state index in [9.17, 15) is 14.7 Å². The van der Waals surface area contributed by atoms with Crippen molar-refractivity contribution >= 4 is 33.9 Å². The first-order chi connectivity index (χ1) is 16.0. The first kappa shape index (κ1) is 19.9. The zero-order valence-electron chi connectivity index (χ0n) is 18.2. The third kappa shape index (κ3) is 3.10. The molecule has 4 aromatic rings. The average molecular weight is 448 g/mol. The van der Waals surface area contributed by atoms with E-state index in [1.807, 2.05) is 28.8 Å². The third-order valence-electron chi connectivity index (χ3n) is 6.73. The van der Waals surface area contributed by atoms with E-state index in [1.165, 1.54) is 6.33 Å². The van der Waals surface area contributed by atoms with Crippen molar-refractivity contribution in [3.8, 4) is 0 Å². The number of amides is 1. The van der Waals surface area contributed by atoms with Crippen LogP contribution in [0.25, 0.3) is 22.2 Å². The molecule has 0 spiro atoms. The molecule has 0 saturated carbocycles. The summed E-state index contributed by atoms with van der Waals surface area (Å²) in [6.07, 6.45) is 2.61. The van der Waals surface area contributed by atoms with Gasteiger partial charge in [-0.15, -0.1) is 0 Å². The average Bonchev–Trinajstić information content (AvgIpc) is 3.33. The lowest BCUT2D eigenvalue weighted by atomic mass is 10.0. The molecule has 2 fully saturated rings. The van der Waals surface area contributed by atoms with Crippen molar-refractivity contribution in [3.63, 3.8) is 0 Å². The number of benzene rings is 1. The molecule has 3 aromatic heterocycles. The number of piperidine rings is 1. The number of H-pyrrole nitrogens is 1. The highest BCUT2D eigenvalue weighted by Gasteiger charge is 2.33. The third-order valence-corrected chi connectivity index (χ3v) is 6.73. The van der Waals surface area contributed by atoms with E-state index in [-0.39, 0.29) is 17.6 Å². The molecule has 0 radical (unpaired) electrons. The lowest BCUT2D eigenvalue weighted by molar-refractivity contribution is 0.00488. The number of nitrogens with zero attached hydrogens (tertiary/aromatic N) is 7. The van der Waals surface area contributed by atoms with Gasteiger partial charge in [0.25, 0.3) is 5.91 Å². The van der Waals surface area contributed by atoms with Crippen molar-refractivity contribution in [1.29, 1.82) is 0 Å². The largest absolute Gasteiger partial charge is 0.389 e. The van der Waals surface area contributed by atoms with Gasteiger partial charge in [0.15, 0.2) is 17.0 Å². The van der Waals surface area contributed by atoms with Gasteiger partial charge in [-0.05, 0) is 25.0 Å². The second-order valence-corrected chi connectivity index (χ2v) is 8.76. The number of rotatable bonds is 3. The Morgan fingerprint density at radius 3 is 2.67 bits per heavy atom. The zero-order chi connectivity index (χ0) is 22.7. The fraction of sp³-hybridized carbons (Fsp3) is 0.409. The van der Waals surface area contributed by atoms with E-state index >= 15 is 0 Å². The van der Waals surface area contributed by atoms with Crippen LogP contribution in [0.4, 0.5) is 5.82 Å². The van der Waals surface area contributed by atoms with Crippen LogP contribution >= 0.6 is 0 Å². The Morgan fingerprint density at radius 2 is 1.91 bits per heavy atom. The summed E-state index contributed by atoms with van der Waals surface area (Å²) in [6, 6.07) is 7.85. The van der Waals surface area contributed by atoms with E-state index in [1.54, 1.807) is 16.5 Å². The number of nitrogens with one attached hydrogen (secondary N) is 1. The van der Waals surface area contributed by atoms with E-state index in [4.69, 9.17) is 0 Å². The topological polar surface area (TPSA) is 125 Å².